The lowest BCUT2D eigenvalue weighted by Crippen LogP contribution is -2.26. The molecule has 0 bridgehead atoms. The first-order valence-corrected chi connectivity index (χ1v) is 8.49. The van der Waals surface area contributed by atoms with Crippen molar-refractivity contribution in [3.8, 4) is 10.8 Å². The summed E-state index contributed by atoms with van der Waals surface area (Å²) in [5.74, 6) is 0.416. The van der Waals surface area contributed by atoms with Crippen molar-refractivity contribution in [3.05, 3.63) is 64.4 Å². The van der Waals surface area contributed by atoms with Crippen LogP contribution in [0.25, 0.3) is 10.8 Å². The molecule has 1 N–H and O–H groups in total. The van der Waals surface area contributed by atoms with Crippen molar-refractivity contribution in [2.24, 2.45) is 0 Å². The maximum absolute atomic E-state index is 12.6. The summed E-state index contributed by atoms with van der Waals surface area (Å²) in [6.07, 6.45) is 3.33. The molecule has 6 heteroatoms. The quantitative estimate of drug-likeness (QED) is 0.787. The van der Waals surface area contributed by atoms with Gasteiger partial charge in [-0.3, -0.25) is 4.79 Å². The Labute approximate surface area is 144 Å². The third kappa shape index (κ3) is 3.33. The second kappa shape index (κ2) is 6.88. The molecule has 0 aliphatic carbocycles. The van der Waals surface area contributed by atoms with Crippen molar-refractivity contribution in [2.75, 3.05) is 0 Å². The van der Waals surface area contributed by atoms with Gasteiger partial charge in [0.1, 0.15) is 4.88 Å². The van der Waals surface area contributed by atoms with E-state index >= 15 is 0 Å². The minimum Gasteiger partial charge on any atom is -0.345 e. The van der Waals surface area contributed by atoms with Crippen LogP contribution in [0, 0.1) is 13.8 Å². The lowest BCUT2D eigenvalue weighted by molar-refractivity contribution is 0.0943. The first-order chi connectivity index (χ1) is 11.6. The van der Waals surface area contributed by atoms with Gasteiger partial charge in [-0.25, -0.2) is 15.0 Å². The van der Waals surface area contributed by atoms with Gasteiger partial charge in [-0.05, 0) is 38.0 Å². The molecule has 1 atom stereocenters. The van der Waals surface area contributed by atoms with E-state index in [0.29, 0.717) is 21.4 Å². The molecular formula is C18H18N4OS. The zero-order valence-electron chi connectivity index (χ0n) is 13.8. The Morgan fingerprint density at radius 2 is 1.83 bits per heavy atom. The minimum absolute atomic E-state index is 0.0726. The van der Waals surface area contributed by atoms with Crippen molar-refractivity contribution in [1.29, 1.82) is 0 Å². The summed E-state index contributed by atoms with van der Waals surface area (Å²) >= 11 is 1.31. The summed E-state index contributed by atoms with van der Waals surface area (Å²) in [5.41, 5.74) is 2.96. The molecule has 0 saturated heterocycles. The average Bonchev–Trinajstić information content (AvgIpc) is 2.98. The van der Waals surface area contributed by atoms with Crippen LogP contribution in [0.5, 0.6) is 0 Å². The fourth-order valence-electron chi connectivity index (χ4n) is 2.52. The van der Waals surface area contributed by atoms with Crippen molar-refractivity contribution in [1.82, 2.24) is 20.3 Å². The summed E-state index contributed by atoms with van der Waals surface area (Å²) in [7, 11) is 0. The summed E-state index contributed by atoms with van der Waals surface area (Å²) in [6, 6.07) is 9.72. The zero-order valence-corrected chi connectivity index (χ0v) is 14.6. The number of carbonyl (C=O) groups is 1. The topological polar surface area (TPSA) is 67.8 Å². The molecule has 3 aromatic rings. The predicted octanol–water partition coefficient (Wildman–Crippen LogP) is 3.71. The highest BCUT2D eigenvalue weighted by Crippen LogP contribution is 2.26. The van der Waals surface area contributed by atoms with Crippen LogP contribution in [0.2, 0.25) is 0 Å². The fourth-order valence-corrected chi connectivity index (χ4v) is 3.44. The van der Waals surface area contributed by atoms with Crippen LogP contribution >= 0.6 is 11.3 Å². The van der Waals surface area contributed by atoms with Gasteiger partial charge in [0.05, 0.1) is 11.7 Å². The molecule has 122 valence electrons. The smallest absolute Gasteiger partial charge is 0.263 e. The summed E-state index contributed by atoms with van der Waals surface area (Å²) < 4.78 is 0. The largest absolute Gasteiger partial charge is 0.345 e. The van der Waals surface area contributed by atoms with Gasteiger partial charge in [-0.2, -0.15) is 0 Å². The predicted molar refractivity (Wildman–Crippen MR) is 94.9 cm³/mol. The summed E-state index contributed by atoms with van der Waals surface area (Å²) in [6.45, 7) is 5.86. The van der Waals surface area contributed by atoms with E-state index in [9.17, 15) is 4.79 Å². The second-order valence-corrected chi connectivity index (χ2v) is 6.56. The molecule has 0 unspecified atom stereocenters. The number of thiazole rings is 1. The molecule has 2 aromatic heterocycles. The van der Waals surface area contributed by atoms with E-state index in [4.69, 9.17) is 0 Å². The molecule has 5 nitrogen and oxygen atoms in total. The molecule has 2 heterocycles. The Kier molecular flexibility index (Phi) is 4.66. The van der Waals surface area contributed by atoms with Crippen LogP contribution in [0.3, 0.4) is 0 Å². The van der Waals surface area contributed by atoms with E-state index < -0.39 is 0 Å². The van der Waals surface area contributed by atoms with Gasteiger partial charge >= 0.3 is 0 Å². The zero-order chi connectivity index (χ0) is 17.1. The highest BCUT2D eigenvalue weighted by atomic mass is 32.1. The second-order valence-electron chi connectivity index (χ2n) is 5.56. The number of carbonyl (C=O) groups excluding carboxylic acids is 1. The van der Waals surface area contributed by atoms with E-state index in [1.54, 1.807) is 18.5 Å². The number of rotatable bonds is 4. The van der Waals surface area contributed by atoms with Gasteiger partial charge in [0, 0.05) is 12.4 Å². The first-order valence-electron chi connectivity index (χ1n) is 7.67. The van der Waals surface area contributed by atoms with Gasteiger partial charge < -0.3 is 5.32 Å². The minimum atomic E-state index is -0.122. The van der Waals surface area contributed by atoms with Gasteiger partial charge in [0.15, 0.2) is 10.8 Å². The number of aryl methyl sites for hydroxylation is 2. The van der Waals surface area contributed by atoms with E-state index in [0.717, 1.165) is 11.1 Å². The Balaban J connectivity index is 1.81. The molecule has 24 heavy (non-hydrogen) atoms. The monoisotopic (exact) mass is 338 g/mol. The van der Waals surface area contributed by atoms with Crippen molar-refractivity contribution < 1.29 is 4.79 Å². The molecule has 0 aliphatic rings. The lowest BCUT2D eigenvalue weighted by Gasteiger charge is -2.16. The van der Waals surface area contributed by atoms with E-state index in [1.807, 2.05) is 45.0 Å². The molecule has 0 aliphatic heterocycles. The number of benzene rings is 1. The van der Waals surface area contributed by atoms with Crippen molar-refractivity contribution in [3.63, 3.8) is 0 Å². The molecule has 0 radical (unpaired) electrons. The molecule has 1 amide bonds. The Morgan fingerprint density at radius 1 is 1.12 bits per heavy atom. The van der Waals surface area contributed by atoms with Gasteiger partial charge in [-0.1, -0.05) is 24.3 Å². The maximum atomic E-state index is 12.6. The molecular weight excluding hydrogens is 320 g/mol. The van der Waals surface area contributed by atoms with Gasteiger partial charge in [0.2, 0.25) is 0 Å². The van der Waals surface area contributed by atoms with E-state index in [2.05, 4.69) is 20.3 Å². The van der Waals surface area contributed by atoms with Crippen molar-refractivity contribution in [2.45, 2.75) is 26.8 Å². The van der Waals surface area contributed by atoms with Crippen LogP contribution in [-0.4, -0.2) is 20.9 Å². The van der Waals surface area contributed by atoms with E-state index in [-0.39, 0.29) is 11.9 Å². The van der Waals surface area contributed by atoms with Crippen LogP contribution in [0.15, 0.2) is 42.7 Å². The summed E-state index contributed by atoms with van der Waals surface area (Å²) in [4.78, 5) is 26.0. The summed E-state index contributed by atoms with van der Waals surface area (Å²) in [5, 5.41) is 3.70. The third-order valence-electron chi connectivity index (χ3n) is 3.76. The van der Waals surface area contributed by atoms with Crippen molar-refractivity contribution >= 4 is 17.2 Å². The fraction of sp³-hybridized carbons (Fsp3) is 0.222. The molecule has 1 aromatic carbocycles. The van der Waals surface area contributed by atoms with Crippen LogP contribution in [0.4, 0.5) is 0 Å². The van der Waals surface area contributed by atoms with Crippen LogP contribution in [0.1, 0.15) is 39.5 Å². The maximum Gasteiger partial charge on any atom is 0.263 e. The first kappa shape index (κ1) is 16.3. The van der Waals surface area contributed by atoms with E-state index in [1.165, 1.54) is 11.3 Å². The number of hydrogen-bond acceptors (Lipinski definition) is 5. The Bertz CT molecular complexity index is 860. The average molecular weight is 338 g/mol. The van der Waals surface area contributed by atoms with Crippen LogP contribution < -0.4 is 5.32 Å². The standard InChI is InChI=1S/C18H18N4OS/c1-11-7-4-5-8-14(11)12(2)21-17(23)15-13(3)22-18(24-15)16-19-9-6-10-20-16/h4-10,12H,1-3H3,(H,21,23)/t12-/m0/s1. The van der Waals surface area contributed by atoms with Crippen LogP contribution in [-0.2, 0) is 0 Å². The Morgan fingerprint density at radius 3 is 2.54 bits per heavy atom. The molecule has 0 spiro atoms. The molecule has 3 rings (SSSR count). The highest BCUT2D eigenvalue weighted by Gasteiger charge is 2.19. The number of amides is 1. The number of hydrogen-bond donors (Lipinski definition) is 1. The number of nitrogens with zero attached hydrogens (tertiary/aromatic N) is 3. The number of aromatic nitrogens is 3. The highest BCUT2D eigenvalue weighted by molar-refractivity contribution is 7.17. The molecule has 0 saturated carbocycles. The van der Waals surface area contributed by atoms with Gasteiger partial charge in [-0.15, -0.1) is 11.3 Å². The number of nitrogens with one attached hydrogen (secondary N) is 1. The Hall–Kier alpha value is -2.60. The normalized spacial score (nSPS) is 12.0. The lowest BCUT2D eigenvalue weighted by atomic mass is 10.0. The van der Waals surface area contributed by atoms with Gasteiger partial charge in [0.25, 0.3) is 5.91 Å². The SMILES string of the molecule is Cc1ccccc1[C@H](C)NC(=O)c1sc(-c2ncccn2)nc1C. The molecule has 0 fully saturated rings. The third-order valence-corrected chi connectivity index (χ3v) is 4.91.